The summed E-state index contributed by atoms with van der Waals surface area (Å²) < 4.78 is 0. The van der Waals surface area contributed by atoms with E-state index in [4.69, 9.17) is 28.3 Å². The third kappa shape index (κ3) is 2.26. The Labute approximate surface area is 102 Å². The topological polar surface area (TPSA) is 50.2 Å². The van der Waals surface area contributed by atoms with E-state index in [1.54, 1.807) is 24.3 Å². The van der Waals surface area contributed by atoms with Gasteiger partial charge >= 0.3 is 5.97 Å². The molecule has 0 aliphatic carbocycles. The highest BCUT2D eigenvalue weighted by molar-refractivity contribution is 6.36. The van der Waals surface area contributed by atoms with Crippen molar-refractivity contribution < 1.29 is 9.90 Å². The van der Waals surface area contributed by atoms with Crippen molar-refractivity contribution in [3.05, 3.63) is 40.1 Å². The predicted molar refractivity (Wildman–Crippen MR) is 63.1 cm³/mol. The Morgan fingerprint density at radius 1 is 1.31 bits per heavy atom. The maximum absolute atomic E-state index is 10.6. The van der Waals surface area contributed by atoms with Crippen LogP contribution >= 0.6 is 23.2 Å². The molecule has 0 atom stereocenters. The number of fused-ring (bicyclic) bond motifs is 1. The molecule has 16 heavy (non-hydrogen) atoms. The van der Waals surface area contributed by atoms with E-state index in [9.17, 15) is 4.79 Å². The second-order valence-corrected chi connectivity index (χ2v) is 4.11. The van der Waals surface area contributed by atoms with Crippen molar-refractivity contribution in [1.82, 2.24) is 4.98 Å². The van der Waals surface area contributed by atoms with Crippen LogP contribution in [-0.4, -0.2) is 16.1 Å². The Balaban J connectivity index is 2.57. The van der Waals surface area contributed by atoms with Crippen molar-refractivity contribution in [2.75, 3.05) is 0 Å². The molecule has 1 N–H and O–H groups in total. The number of aromatic nitrogens is 1. The fourth-order valence-electron chi connectivity index (χ4n) is 1.52. The van der Waals surface area contributed by atoms with Crippen LogP contribution in [0.15, 0.2) is 24.3 Å². The Morgan fingerprint density at radius 3 is 2.75 bits per heavy atom. The molecule has 0 radical (unpaired) electrons. The summed E-state index contributed by atoms with van der Waals surface area (Å²) in [7, 11) is 0. The highest BCUT2D eigenvalue weighted by Crippen LogP contribution is 2.25. The summed E-state index contributed by atoms with van der Waals surface area (Å²) >= 11 is 11.7. The van der Waals surface area contributed by atoms with E-state index in [1.807, 2.05) is 0 Å². The van der Waals surface area contributed by atoms with Gasteiger partial charge in [-0.25, -0.2) is 4.98 Å². The van der Waals surface area contributed by atoms with Gasteiger partial charge in [-0.05, 0) is 17.0 Å². The van der Waals surface area contributed by atoms with Gasteiger partial charge in [-0.2, -0.15) is 0 Å². The normalized spacial score (nSPS) is 10.6. The fraction of sp³-hybridized carbons (Fsp3) is 0.0909. The zero-order valence-corrected chi connectivity index (χ0v) is 9.59. The second kappa shape index (κ2) is 4.28. The molecule has 0 spiro atoms. The van der Waals surface area contributed by atoms with E-state index in [1.165, 1.54) is 0 Å². The lowest BCUT2D eigenvalue weighted by molar-refractivity contribution is -0.136. The average molecular weight is 256 g/mol. The van der Waals surface area contributed by atoms with Crippen molar-refractivity contribution in [1.29, 1.82) is 0 Å². The SMILES string of the molecule is O=C(O)Cc1ccc2c(Cl)nc(Cl)cc2c1. The number of halogens is 2. The minimum absolute atomic E-state index is 0.0203. The first-order valence-electron chi connectivity index (χ1n) is 4.53. The smallest absolute Gasteiger partial charge is 0.307 e. The van der Waals surface area contributed by atoms with Crippen LogP contribution in [-0.2, 0) is 11.2 Å². The Kier molecular flexibility index (Phi) is 2.99. The first-order chi connectivity index (χ1) is 7.56. The van der Waals surface area contributed by atoms with E-state index >= 15 is 0 Å². The van der Waals surface area contributed by atoms with Crippen LogP contribution in [0.1, 0.15) is 5.56 Å². The van der Waals surface area contributed by atoms with E-state index < -0.39 is 5.97 Å². The minimum atomic E-state index is -0.870. The van der Waals surface area contributed by atoms with E-state index in [0.29, 0.717) is 15.9 Å². The number of carboxylic acid groups (broad SMARTS) is 1. The van der Waals surface area contributed by atoms with Crippen molar-refractivity contribution in [2.24, 2.45) is 0 Å². The largest absolute Gasteiger partial charge is 0.481 e. The lowest BCUT2D eigenvalue weighted by Crippen LogP contribution is -1.99. The van der Waals surface area contributed by atoms with Gasteiger partial charge in [0.05, 0.1) is 6.42 Å². The van der Waals surface area contributed by atoms with Crippen LogP contribution < -0.4 is 0 Å². The van der Waals surface area contributed by atoms with Crippen molar-refractivity contribution in [3.63, 3.8) is 0 Å². The molecule has 0 unspecified atom stereocenters. The van der Waals surface area contributed by atoms with Crippen LogP contribution in [0.2, 0.25) is 10.3 Å². The Bertz CT molecular complexity index is 569. The number of hydrogen-bond acceptors (Lipinski definition) is 2. The van der Waals surface area contributed by atoms with Crippen molar-refractivity contribution in [3.8, 4) is 0 Å². The Hall–Kier alpha value is -1.32. The molecule has 2 aromatic rings. The molecule has 0 bridgehead atoms. The summed E-state index contributed by atoms with van der Waals surface area (Å²) in [6, 6.07) is 6.88. The molecule has 0 aliphatic heterocycles. The molecule has 3 nitrogen and oxygen atoms in total. The molecule has 0 fully saturated rings. The molecule has 2 rings (SSSR count). The van der Waals surface area contributed by atoms with Crippen LogP contribution in [0.3, 0.4) is 0 Å². The van der Waals surface area contributed by atoms with E-state index in [-0.39, 0.29) is 6.42 Å². The van der Waals surface area contributed by atoms with Gasteiger partial charge in [-0.15, -0.1) is 0 Å². The second-order valence-electron chi connectivity index (χ2n) is 3.36. The summed E-state index contributed by atoms with van der Waals surface area (Å²) in [6.45, 7) is 0. The molecule has 1 aromatic heterocycles. The number of carbonyl (C=O) groups is 1. The van der Waals surface area contributed by atoms with Gasteiger partial charge in [0.15, 0.2) is 0 Å². The first kappa shape index (κ1) is 11.2. The summed E-state index contributed by atoms with van der Waals surface area (Å²) in [5, 5.41) is 10.9. The maximum Gasteiger partial charge on any atom is 0.307 e. The molecular formula is C11H7Cl2NO2. The molecule has 0 saturated carbocycles. The van der Waals surface area contributed by atoms with Crippen molar-refractivity contribution >= 4 is 39.9 Å². The fourth-order valence-corrected chi connectivity index (χ4v) is 2.03. The lowest BCUT2D eigenvalue weighted by atomic mass is 10.1. The van der Waals surface area contributed by atoms with Crippen LogP contribution in [0.4, 0.5) is 0 Å². The Morgan fingerprint density at radius 2 is 2.06 bits per heavy atom. The number of benzene rings is 1. The standard InChI is InChI=1S/C11H7Cl2NO2/c12-9-5-7-3-6(4-10(15)16)1-2-8(7)11(13)14-9/h1-3,5H,4H2,(H,15,16). The summed E-state index contributed by atoms with van der Waals surface area (Å²) in [6.07, 6.45) is -0.0203. The summed E-state index contributed by atoms with van der Waals surface area (Å²) in [5.74, 6) is -0.870. The average Bonchev–Trinajstić information content (AvgIpc) is 2.15. The monoisotopic (exact) mass is 255 g/mol. The van der Waals surface area contributed by atoms with Gasteiger partial charge in [0.1, 0.15) is 10.3 Å². The number of hydrogen-bond donors (Lipinski definition) is 1. The van der Waals surface area contributed by atoms with Gasteiger partial charge in [-0.3, -0.25) is 4.79 Å². The molecule has 5 heteroatoms. The summed E-state index contributed by atoms with van der Waals surface area (Å²) in [4.78, 5) is 14.5. The van der Waals surface area contributed by atoms with Gasteiger partial charge < -0.3 is 5.11 Å². The predicted octanol–water partition coefficient (Wildman–Crippen LogP) is 3.17. The molecule has 1 heterocycles. The molecule has 0 aliphatic rings. The number of aliphatic carboxylic acids is 1. The molecule has 1 aromatic carbocycles. The maximum atomic E-state index is 10.6. The van der Waals surface area contributed by atoms with Gasteiger partial charge in [0, 0.05) is 5.39 Å². The first-order valence-corrected chi connectivity index (χ1v) is 5.28. The van der Waals surface area contributed by atoms with Crippen molar-refractivity contribution in [2.45, 2.75) is 6.42 Å². The van der Waals surface area contributed by atoms with Gasteiger partial charge in [-0.1, -0.05) is 41.4 Å². The van der Waals surface area contributed by atoms with Gasteiger partial charge in [0.25, 0.3) is 0 Å². The summed E-state index contributed by atoms with van der Waals surface area (Å²) in [5.41, 5.74) is 0.707. The van der Waals surface area contributed by atoms with Crippen LogP contribution in [0.5, 0.6) is 0 Å². The quantitative estimate of drug-likeness (QED) is 0.839. The minimum Gasteiger partial charge on any atom is -0.481 e. The molecular weight excluding hydrogens is 249 g/mol. The van der Waals surface area contributed by atoms with Crippen LogP contribution in [0, 0.1) is 0 Å². The zero-order valence-electron chi connectivity index (χ0n) is 8.08. The number of carboxylic acids is 1. The molecule has 82 valence electrons. The third-order valence-corrected chi connectivity index (χ3v) is 2.65. The number of pyridine rings is 1. The lowest BCUT2D eigenvalue weighted by Gasteiger charge is -2.03. The molecule has 0 amide bonds. The van der Waals surface area contributed by atoms with Gasteiger partial charge in [0.2, 0.25) is 0 Å². The highest BCUT2D eigenvalue weighted by atomic mass is 35.5. The van der Waals surface area contributed by atoms with E-state index in [0.717, 1.165) is 10.8 Å². The highest BCUT2D eigenvalue weighted by Gasteiger charge is 2.06. The van der Waals surface area contributed by atoms with Crippen LogP contribution in [0.25, 0.3) is 10.8 Å². The molecule has 0 saturated heterocycles. The number of rotatable bonds is 2. The number of nitrogens with zero attached hydrogens (tertiary/aromatic N) is 1. The third-order valence-electron chi connectivity index (χ3n) is 2.17. The van der Waals surface area contributed by atoms with E-state index in [2.05, 4.69) is 4.98 Å². The zero-order chi connectivity index (χ0) is 11.7.